The number of amides is 3. The largest absolute Gasteiger partial charge is 0.347 e. The maximum Gasteiger partial charge on any atom is 0.242 e. The number of nitrogens with one attached hydrogen (secondary N) is 1. The van der Waals surface area contributed by atoms with Crippen molar-refractivity contribution < 1.29 is 14.4 Å². The molecule has 1 saturated heterocycles. The maximum absolute atomic E-state index is 13.2. The molecule has 6 nitrogen and oxygen atoms in total. The van der Waals surface area contributed by atoms with Gasteiger partial charge in [0.1, 0.15) is 0 Å². The second-order valence-electron chi connectivity index (χ2n) is 8.04. The lowest BCUT2D eigenvalue weighted by Gasteiger charge is -2.24. The summed E-state index contributed by atoms with van der Waals surface area (Å²) in [6, 6.07) is 18.5. The van der Waals surface area contributed by atoms with E-state index in [1.165, 1.54) is 6.92 Å². The van der Waals surface area contributed by atoms with Crippen LogP contribution in [0.3, 0.4) is 0 Å². The minimum Gasteiger partial charge on any atom is -0.347 e. The summed E-state index contributed by atoms with van der Waals surface area (Å²) in [6.07, 6.45) is 1.46. The van der Waals surface area contributed by atoms with Crippen molar-refractivity contribution in [2.45, 2.75) is 26.7 Å². The summed E-state index contributed by atoms with van der Waals surface area (Å²) in [4.78, 5) is 40.6. The van der Waals surface area contributed by atoms with E-state index in [-0.39, 0.29) is 30.2 Å². The summed E-state index contributed by atoms with van der Waals surface area (Å²) in [5, 5.41) is 2.57. The van der Waals surface area contributed by atoms with Crippen molar-refractivity contribution in [3.05, 3.63) is 60.2 Å². The highest BCUT2D eigenvalue weighted by molar-refractivity contribution is 5.85. The first-order valence-corrected chi connectivity index (χ1v) is 10.9. The van der Waals surface area contributed by atoms with Crippen LogP contribution in [0.4, 0.5) is 0 Å². The minimum atomic E-state index is -0.294. The van der Waals surface area contributed by atoms with Crippen molar-refractivity contribution in [3.8, 4) is 11.1 Å². The van der Waals surface area contributed by atoms with Crippen molar-refractivity contribution in [1.29, 1.82) is 0 Å². The molecule has 1 heterocycles. The van der Waals surface area contributed by atoms with Crippen LogP contribution in [-0.4, -0.2) is 60.2 Å². The number of nitrogens with zero attached hydrogens (tertiary/aromatic N) is 2. The number of hydrogen-bond donors (Lipinski definition) is 1. The van der Waals surface area contributed by atoms with Gasteiger partial charge in [-0.15, -0.1) is 0 Å². The number of carbonyl (C=O) groups excluding carboxylic acids is 3. The van der Waals surface area contributed by atoms with Gasteiger partial charge in [0.2, 0.25) is 17.7 Å². The molecule has 0 spiro atoms. The Morgan fingerprint density at radius 2 is 1.68 bits per heavy atom. The molecule has 3 amide bonds. The van der Waals surface area contributed by atoms with E-state index in [9.17, 15) is 14.4 Å². The zero-order chi connectivity index (χ0) is 22.2. The van der Waals surface area contributed by atoms with Crippen molar-refractivity contribution in [2.75, 3.05) is 32.7 Å². The molecule has 1 aliphatic heterocycles. The molecule has 31 heavy (non-hydrogen) atoms. The second kappa shape index (κ2) is 10.8. The number of hydrogen-bond acceptors (Lipinski definition) is 3. The standard InChI is InChI=1S/C25H31N3O3/c1-3-13-27-14-15-28(24(30)17-26-19(2)29)18-23(25(27)31)16-20-9-11-22(12-10-20)21-7-5-4-6-8-21/h4-12,23H,3,13-18H2,1-2H3,(H,26,29). The van der Waals surface area contributed by atoms with E-state index >= 15 is 0 Å². The van der Waals surface area contributed by atoms with Gasteiger partial charge in [-0.2, -0.15) is 0 Å². The summed E-state index contributed by atoms with van der Waals surface area (Å²) < 4.78 is 0. The molecule has 2 aromatic carbocycles. The Morgan fingerprint density at radius 1 is 1.00 bits per heavy atom. The van der Waals surface area contributed by atoms with Gasteiger partial charge < -0.3 is 15.1 Å². The molecule has 6 heteroatoms. The highest BCUT2D eigenvalue weighted by Gasteiger charge is 2.31. The van der Waals surface area contributed by atoms with E-state index in [4.69, 9.17) is 0 Å². The highest BCUT2D eigenvalue weighted by Crippen LogP contribution is 2.22. The molecule has 0 aliphatic carbocycles. The smallest absolute Gasteiger partial charge is 0.242 e. The van der Waals surface area contributed by atoms with Gasteiger partial charge in [0, 0.05) is 33.1 Å². The molecule has 0 saturated carbocycles. The van der Waals surface area contributed by atoms with Gasteiger partial charge in [-0.3, -0.25) is 14.4 Å². The van der Waals surface area contributed by atoms with Crippen LogP contribution in [0.2, 0.25) is 0 Å². The van der Waals surface area contributed by atoms with Gasteiger partial charge >= 0.3 is 0 Å². The summed E-state index contributed by atoms with van der Waals surface area (Å²) >= 11 is 0. The van der Waals surface area contributed by atoms with Crippen molar-refractivity contribution >= 4 is 17.7 Å². The molecule has 0 bridgehead atoms. The van der Waals surface area contributed by atoms with Crippen LogP contribution in [0.15, 0.2) is 54.6 Å². The average molecular weight is 422 g/mol. The van der Waals surface area contributed by atoms with E-state index in [0.717, 1.165) is 23.1 Å². The van der Waals surface area contributed by atoms with Gasteiger partial charge in [-0.05, 0) is 29.5 Å². The zero-order valence-electron chi connectivity index (χ0n) is 18.3. The predicted octanol–water partition coefficient (Wildman–Crippen LogP) is 2.73. The maximum atomic E-state index is 13.2. The van der Waals surface area contributed by atoms with Crippen LogP contribution >= 0.6 is 0 Å². The second-order valence-corrected chi connectivity index (χ2v) is 8.04. The topological polar surface area (TPSA) is 69.7 Å². The Labute approximate surface area is 184 Å². The molecule has 2 aromatic rings. The molecule has 3 rings (SSSR count). The molecule has 1 N–H and O–H groups in total. The fourth-order valence-corrected chi connectivity index (χ4v) is 3.98. The first kappa shape index (κ1) is 22.5. The van der Waals surface area contributed by atoms with E-state index in [2.05, 4.69) is 48.6 Å². The van der Waals surface area contributed by atoms with E-state index in [1.54, 1.807) is 4.90 Å². The van der Waals surface area contributed by atoms with Crippen LogP contribution < -0.4 is 5.32 Å². The van der Waals surface area contributed by atoms with Crippen LogP contribution in [0, 0.1) is 5.92 Å². The van der Waals surface area contributed by atoms with Crippen molar-refractivity contribution in [2.24, 2.45) is 5.92 Å². The van der Waals surface area contributed by atoms with Gasteiger partial charge in [0.15, 0.2) is 0 Å². The Balaban J connectivity index is 1.74. The fraction of sp³-hybridized carbons (Fsp3) is 0.400. The Hall–Kier alpha value is -3.15. The summed E-state index contributed by atoms with van der Waals surface area (Å²) in [7, 11) is 0. The molecule has 1 aliphatic rings. The third-order valence-electron chi connectivity index (χ3n) is 5.62. The van der Waals surface area contributed by atoms with Crippen LogP contribution in [0.5, 0.6) is 0 Å². The van der Waals surface area contributed by atoms with E-state index in [0.29, 0.717) is 32.6 Å². The van der Waals surface area contributed by atoms with Gasteiger partial charge in [0.25, 0.3) is 0 Å². The van der Waals surface area contributed by atoms with E-state index in [1.807, 2.05) is 23.1 Å². The minimum absolute atomic E-state index is 0.0320. The normalized spacial score (nSPS) is 16.7. The van der Waals surface area contributed by atoms with Crippen LogP contribution in [-0.2, 0) is 20.8 Å². The first-order valence-electron chi connectivity index (χ1n) is 10.9. The third-order valence-corrected chi connectivity index (χ3v) is 5.62. The fourth-order valence-electron chi connectivity index (χ4n) is 3.98. The average Bonchev–Trinajstić information content (AvgIpc) is 2.93. The number of rotatable bonds is 7. The molecule has 0 aromatic heterocycles. The Bertz CT molecular complexity index is 896. The summed E-state index contributed by atoms with van der Waals surface area (Å²) in [5.74, 6) is -0.575. The number of carbonyl (C=O) groups is 3. The van der Waals surface area contributed by atoms with Gasteiger partial charge in [0.05, 0.1) is 12.5 Å². The summed E-state index contributed by atoms with van der Waals surface area (Å²) in [5.41, 5.74) is 3.37. The zero-order valence-corrected chi connectivity index (χ0v) is 18.3. The lowest BCUT2D eigenvalue weighted by molar-refractivity contribution is -0.135. The van der Waals surface area contributed by atoms with Gasteiger partial charge in [-0.25, -0.2) is 0 Å². The molecule has 1 fully saturated rings. The lowest BCUT2D eigenvalue weighted by Crippen LogP contribution is -2.42. The Morgan fingerprint density at radius 3 is 2.32 bits per heavy atom. The van der Waals surface area contributed by atoms with Crippen molar-refractivity contribution in [3.63, 3.8) is 0 Å². The highest BCUT2D eigenvalue weighted by atomic mass is 16.2. The quantitative estimate of drug-likeness (QED) is 0.747. The molecular formula is C25H31N3O3. The third kappa shape index (κ3) is 6.17. The lowest BCUT2D eigenvalue weighted by atomic mass is 9.95. The number of benzene rings is 2. The molecule has 0 radical (unpaired) electrons. The molecular weight excluding hydrogens is 390 g/mol. The predicted molar refractivity (Wildman–Crippen MR) is 121 cm³/mol. The monoisotopic (exact) mass is 421 g/mol. The summed E-state index contributed by atoms with van der Waals surface area (Å²) in [6.45, 7) is 5.50. The Kier molecular flexibility index (Phi) is 7.82. The van der Waals surface area contributed by atoms with Crippen LogP contribution in [0.1, 0.15) is 25.8 Å². The molecule has 1 atom stereocenters. The van der Waals surface area contributed by atoms with Crippen molar-refractivity contribution in [1.82, 2.24) is 15.1 Å². The van der Waals surface area contributed by atoms with E-state index < -0.39 is 0 Å². The van der Waals surface area contributed by atoms with Crippen LogP contribution in [0.25, 0.3) is 11.1 Å². The van der Waals surface area contributed by atoms with Gasteiger partial charge in [-0.1, -0.05) is 61.5 Å². The molecule has 164 valence electrons. The molecule has 1 unspecified atom stereocenters. The first-order chi connectivity index (χ1) is 15.0. The SMILES string of the molecule is CCCN1CCN(C(=O)CNC(C)=O)CC(Cc2ccc(-c3ccccc3)cc2)C1=O.